The van der Waals surface area contributed by atoms with Gasteiger partial charge in [0.05, 0.1) is 0 Å². The van der Waals surface area contributed by atoms with Crippen molar-refractivity contribution in [3.8, 4) is 0 Å². The zero-order valence-corrected chi connectivity index (χ0v) is 11.8. The molecule has 98 valence electrons. The predicted molar refractivity (Wildman–Crippen MR) is 70.5 cm³/mol. The Morgan fingerprint density at radius 2 is 1.81 bits per heavy atom. The molecule has 0 aromatic rings. The van der Waals surface area contributed by atoms with Crippen molar-refractivity contribution < 1.29 is 8.42 Å². The molecular weight excluding hydrogens is 222 g/mol. The van der Waals surface area contributed by atoms with Gasteiger partial charge in [-0.25, -0.2) is 8.42 Å². The summed E-state index contributed by atoms with van der Waals surface area (Å²) < 4.78 is 22.0. The molecule has 3 nitrogen and oxygen atoms in total. The minimum absolute atomic E-state index is 0.334. The van der Waals surface area contributed by atoms with Crippen LogP contribution in [0, 0.1) is 5.92 Å². The van der Waals surface area contributed by atoms with Gasteiger partial charge in [-0.15, -0.1) is 0 Å². The molecule has 1 unspecified atom stereocenters. The molecule has 0 fully saturated rings. The van der Waals surface area contributed by atoms with Crippen LogP contribution in [-0.2, 0) is 9.84 Å². The molecule has 0 bridgehead atoms. The van der Waals surface area contributed by atoms with Crippen LogP contribution in [0.1, 0.15) is 46.0 Å². The van der Waals surface area contributed by atoms with E-state index in [2.05, 4.69) is 19.2 Å². The molecular formula is C12H27NO2S. The first-order valence-electron chi connectivity index (χ1n) is 6.38. The third-order valence-electron chi connectivity index (χ3n) is 2.68. The van der Waals surface area contributed by atoms with Gasteiger partial charge < -0.3 is 5.32 Å². The fourth-order valence-corrected chi connectivity index (χ4v) is 2.56. The smallest absolute Gasteiger partial charge is 0.147 e. The molecule has 16 heavy (non-hydrogen) atoms. The van der Waals surface area contributed by atoms with Gasteiger partial charge in [0.25, 0.3) is 0 Å². The summed E-state index contributed by atoms with van der Waals surface area (Å²) in [5.41, 5.74) is 0. The number of rotatable bonds is 10. The van der Waals surface area contributed by atoms with Crippen LogP contribution in [0.15, 0.2) is 0 Å². The Balaban J connectivity index is 3.75. The van der Waals surface area contributed by atoms with Gasteiger partial charge in [0.1, 0.15) is 9.84 Å². The summed E-state index contributed by atoms with van der Waals surface area (Å²) in [6.07, 6.45) is 6.67. The minimum atomic E-state index is -2.78. The highest BCUT2D eigenvalue weighted by molar-refractivity contribution is 7.90. The van der Waals surface area contributed by atoms with Crippen LogP contribution >= 0.6 is 0 Å². The highest BCUT2D eigenvalue weighted by atomic mass is 32.2. The van der Waals surface area contributed by atoms with Crippen LogP contribution in [0.4, 0.5) is 0 Å². The lowest BCUT2D eigenvalue weighted by Crippen LogP contribution is -2.24. The van der Waals surface area contributed by atoms with Crippen molar-refractivity contribution in [3.05, 3.63) is 0 Å². The average molecular weight is 249 g/mol. The fraction of sp³-hybridized carbons (Fsp3) is 1.00. The summed E-state index contributed by atoms with van der Waals surface area (Å²) in [5, 5.41) is 3.42. The molecule has 0 heterocycles. The molecule has 0 aliphatic heterocycles. The Morgan fingerprint density at radius 1 is 1.12 bits per heavy atom. The normalized spacial score (nSPS) is 13.9. The van der Waals surface area contributed by atoms with Crippen LogP contribution in [0.5, 0.6) is 0 Å². The molecule has 0 amide bonds. The first-order valence-corrected chi connectivity index (χ1v) is 8.44. The lowest BCUT2D eigenvalue weighted by molar-refractivity contribution is 0.410. The van der Waals surface area contributed by atoms with E-state index in [0.29, 0.717) is 11.7 Å². The molecule has 0 saturated heterocycles. The number of sulfone groups is 1. The summed E-state index contributed by atoms with van der Waals surface area (Å²) in [6, 6.07) is 0. The average Bonchev–Trinajstić information content (AvgIpc) is 2.16. The summed E-state index contributed by atoms with van der Waals surface area (Å²) in [6.45, 7) is 6.44. The van der Waals surface area contributed by atoms with Crippen LogP contribution in [0.2, 0.25) is 0 Å². The zero-order valence-electron chi connectivity index (χ0n) is 11.0. The molecule has 0 saturated carbocycles. The second-order valence-electron chi connectivity index (χ2n) is 4.63. The maximum Gasteiger partial charge on any atom is 0.147 e. The zero-order chi connectivity index (χ0) is 12.4. The quantitative estimate of drug-likeness (QED) is 0.604. The molecule has 0 aromatic heterocycles. The minimum Gasteiger partial charge on any atom is -0.316 e. The Bertz CT molecular complexity index is 250. The molecule has 1 atom stereocenters. The maximum atomic E-state index is 11.0. The Labute approximate surface area is 101 Å². The first-order chi connectivity index (χ1) is 7.49. The van der Waals surface area contributed by atoms with Gasteiger partial charge in [-0.2, -0.15) is 0 Å². The van der Waals surface area contributed by atoms with E-state index in [4.69, 9.17) is 0 Å². The third-order valence-corrected chi connectivity index (χ3v) is 3.71. The van der Waals surface area contributed by atoms with Crippen LogP contribution in [-0.4, -0.2) is 33.5 Å². The van der Waals surface area contributed by atoms with E-state index in [9.17, 15) is 8.42 Å². The van der Waals surface area contributed by atoms with E-state index in [1.54, 1.807) is 0 Å². The van der Waals surface area contributed by atoms with E-state index in [1.165, 1.54) is 19.1 Å². The van der Waals surface area contributed by atoms with Gasteiger partial charge in [0.15, 0.2) is 0 Å². The molecule has 4 heteroatoms. The van der Waals surface area contributed by atoms with Gasteiger partial charge in [-0.05, 0) is 44.7 Å². The van der Waals surface area contributed by atoms with Gasteiger partial charge in [-0.3, -0.25) is 0 Å². The topological polar surface area (TPSA) is 46.2 Å². The van der Waals surface area contributed by atoms with Crippen molar-refractivity contribution in [2.75, 3.05) is 25.1 Å². The van der Waals surface area contributed by atoms with Gasteiger partial charge in [-0.1, -0.05) is 20.3 Å². The summed E-state index contributed by atoms with van der Waals surface area (Å²) in [5.74, 6) is 0.972. The summed E-state index contributed by atoms with van der Waals surface area (Å²) in [4.78, 5) is 0. The van der Waals surface area contributed by atoms with Crippen molar-refractivity contribution in [1.29, 1.82) is 0 Å². The summed E-state index contributed by atoms with van der Waals surface area (Å²) in [7, 11) is -2.78. The van der Waals surface area contributed by atoms with Crippen molar-refractivity contribution in [3.63, 3.8) is 0 Å². The van der Waals surface area contributed by atoms with Crippen molar-refractivity contribution >= 4 is 9.84 Å². The molecule has 0 radical (unpaired) electrons. The third kappa shape index (κ3) is 10.4. The molecule has 1 N–H and O–H groups in total. The van der Waals surface area contributed by atoms with Crippen molar-refractivity contribution in [2.24, 2.45) is 5.92 Å². The summed E-state index contributed by atoms with van der Waals surface area (Å²) >= 11 is 0. The second kappa shape index (κ2) is 8.99. The molecule has 0 aromatic carbocycles. The fourth-order valence-electron chi connectivity index (χ4n) is 1.87. The lowest BCUT2D eigenvalue weighted by atomic mass is 9.98. The predicted octanol–water partition coefficient (Wildman–Crippen LogP) is 2.23. The van der Waals surface area contributed by atoms with Crippen LogP contribution in [0.25, 0.3) is 0 Å². The Kier molecular flexibility index (Phi) is 8.94. The number of nitrogens with one attached hydrogen (secondary N) is 1. The molecule has 0 aliphatic rings. The SMILES string of the molecule is CCCNCC(CCC)CCCS(C)(=O)=O. The van der Waals surface area contributed by atoms with E-state index in [0.717, 1.165) is 32.4 Å². The Morgan fingerprint density at radius 3 is 2.31 bits per heavy atom. The first kappa shape index (κ1) is 15.9. The van der Waals surface area contributed by atoms with Crippen molar-refractivity contribution in [1.82, 2.24) is 5.32 Å². The lowest BCUT2D eigenvalue weighted by Gasteiger charge is -2.16. The van der Waals surface area contributed by atoms with E-state index >= 15 is 0 Å². The van der Waals surface area contributed by atoms with Gasteiger partial charge >= 0.3 is 0 Å². The standard InChI is InChI=1S/C12H27NO2S/c1-4-7-12(11-13-9-5-2)8-6-10-16(3,14)15/h12-13H,4-11H2,1-3H3. The second-order valence-corrected chi connectivity index (χ2v) is 6.89. The number of hydrogen-bond donors (Lipinski definition) is 1. The van der Waals surface area contributed by atoms with E-state index in [1.807, 2.05) is 0 Å². The highest BCUT2D eigenvalue weighted by Crippen LogP contribution is 2.13. The van der Waals surface area contributed by atoms with Crippen molar-refractivity contribution in [2.45, 2.75) is 46.0 Å². The molecule has 0 spiro atoms. The van der Waals surface area contributed by atoms with Gasteiger partial charge in [0.2, 0.25) is 0 Å². The number of hydrogen-bond acceptors (Lipinski definition) is 3. The molecule has 0 aliphatic carbocycles. The van der Waals surface area contributed by atoms with Gasteiger partial charge in [0, 0.05) is 12.0 Å². The van der Waals surface area contributed by atoms with E-state index < -0.39 is 9.84 Å². The molecule has 0 rings (SSSR count). The van der Waals surface area contributed by atoms with Crippen LogP contribution in [0.3, 0.4) is 0 Å². The largest absolute Gasteiger partial charge is 0.316 e. The maximum absolute atomic E-state index is 11.0. The van der Waals surface area contributed by atoms with E-state index in [-0.39, 0.29) is 0 Å². The highest BCUT2D eigenvalue weighted by Gasteiger charge is 2.09. The Hall–Kier alpha value is -0.0900. The van der Waals surface area contributed by atoms with Crippen LogP contribution < -0.4 is 5.32 Å². The monoisotopic (exact) mass is 249 g/mol.